The zero-order chi connectivity index (χ0) is 11.3. The minimum absolute atomic E-state index is 0.127. The molecule has 2 unspecified atom stereocenters. The predicted octanol–water partition coefficient (Wildman–Crippen LogP) is 0.751. The van der Waals surface area contributed by atoms with Crippen LogP contribution in [-0.4, -0.2) is 43.2 Å². The van der Waals surface area contributed by atoms with E-state index in [1.165, 1.54) is 0 Å². The van der Waals surface area contributed by atoms with E-state index < -0.39 is 0 Å². The molecule has 1 aliphatic rings. The van der Waals surface area contributed by atoms with Crippen LogP contribution in [0.5, 0.6) is 0 Å². The van der Waals surface area contributed by atoms with Gasteiger partial charge in [0, 0.05) is 32.7 Å². The van der Waals surface area contributed by atoms with Gasteiger partial charge in [-0.05, 0) is 26.2 Å². The van der Waals surface area contributed by atoms with Gasteiger partial charge in [-0.1, -0.05) is 0 Å². The molecular formula is C11H22N2O2. The van der Waals surface area contributed by atoms with Gasteiger partial charge in [-0.2, -0.15) is 0 Å². The van der Waals surface area contributed by atoms with Crippen molar-refractivity contribution < 1.29 is 9.53 Å². The van der Waals surface area contributed by atoms with Crippen molar-refractivity contribution in [2.75, 3.05) is 20.2 Å². The van der Waals surface area contributed by atoms with Crippen LogP contribution >= 0.6 is 0 Å². The van der Waals surface area contributed by atoms with Crippen LogP contribution in [0.3, 0.4) is 0 Å². The SMILES string of the molecule is CC(CN)N(C)C(=O)CCC1CCCO1. The van der Waals surface area contributed by atoms with E-state index in [1.807, 2.05) is 14.0 Å². The largest absolute Gasteiger partial charge is 0.378 e. The number of likely N-dealkylation sites (N-methyl/N-ethyl adjacent to an activating group) is 1. The Morgan fingerprint density at radius 3 is 2.93 bits per heavy atom. The van der Waals surface area contributed by atoms with Crippen LogP contribution in [0.4, 0.5) is 0 Å². The zero-order valence-corrected chi connectivity index (χ0v) is 9.74. The van der Waals surface area contributed by atoms with Crippen molar-refractivity contribution in [2.24, 2.45) is 5.73 Å². The molecular weight excluding hydrogens is 192 g/mol. The molecule has 4 heteroatoms. The van der Waals surface area contributed by atoms with E-state index in [0.29, 0.717) is 19.1 Å². The highest BCUT2D eigenvalue weighted by Gasteiger charge is 2.19. The smallest absolute Gasteiger partial charge is 0.222 e. The highest BCUT2D eigenvalue weighted by atomic mass is 16.5. The summed E-state index contributed by atoms with van der Waals surface area (Å²) in [4.78, 5) is 13.4. The van der Waals surface area contributed by atoms with Crippen LogP contribution in [0.25, 0.3) is 0 Å². The summed E-state index contributed by atoms with van der Waals surface area (Å²) < 4.78 is 5.47. The third-order valence-electron chi connectivity index (χ3n) is 3.10. The number of ether oxygens (including phenoxy) is 1. The average Bonchev–Trinajstić information content (AvgIpc) is 2.76. The Hall–Kier alpha value is -0.610. The minimum Gasteiger partial charge on any atom is -0.378 e. The number of hydrogen-bond donors (Lipinski definition) is 1. The molecule has 0 radical (unpaired) electrons. The maximum absolute atomic E-state index is 11.7. The molecule has 0 saturated carbocycles. The normalized spacial score (nSPS) is 22.7. The highest BCUT2D eigenvalue weighted by molar-refractivity contribution is 5.76. The second-order valence-corrected chi connectivity index (χ2v) is 4.26. The Balaban J connectivity index is 2.22. The molecule has 1 aliphatic heterocycles. The predicted molar refractivity (Wildman–Crippen MR) is 59.5 cm³/mol. The van der Waals surface area contributed by atoms with Gasteiger partial charge in [0.25, 0.3) is 0 Å². The molecule has 0 spiro atoms. The van der Waals surface area contributed by atoms with E-state index in [-0.39, 0.29) is 11.9 Å². The number of rotatable bonds is 5. The Kier molecular flexibility index (Phi) is 5.05. The first-order chi connectivity index (χ1) is 7.15. The van der Waals surface area contributed by atoms with Crippen molar-refractivity contribution in [1.29, 1.82) is 0 Å². The van der Waals surface area contributed by atoms with E-state index in [4.69, 9.17) is 10.5 Å². The second kappa shape index (κ2) is 6.08. The Bertz CT molecular complexity index is 203. The summed E-state index contributed by atoms with van der Waals surface area (Å²) in [6, 6.07) is 0.127. The van der Waals surface area contributed by atoms with E-state index in [2.05, 4.69) is 0 Å². The Morgan fingerprint density at radius 2 is 2.40 bits per heavy atom. The minimum atomic E-state index is 0.127. The highest BCUT2D eigenvalue weighted by Crippen LogP contribution is 2.17. The monoisotopic (exact) mass is 214 g/mol. The molecule has 0 bridgehead atoms. The number of carbonyl (C=O) groups excluding carboxylic acids is 1. The molecule has 1 saturated heterocycles. The molecule has 0 aromatic carbocycles. The lowest BCUT2D eigenvalue weighted by atomic mass is 10.1. The number of nitrogens with zero attached hydrogens (tertiary/aromatic N) is 1. The Labute approximate surface area is 91.8 Å². The van der Waals surface area contributed by atoms with Crippen molar-refractivity contribution in [3.8, 4) is 0 Å². The second-order valence-electron chi connectivity index (χ2n) is 4.26. The molecule has 88 valence electrons. The number of hydrogen-bond acceptors (Lipinski definition) is 3. The third kappa shape index (κ3) is 3.80. The van der Waals surface area contributed by atoms with E-state index in [1.54, 1.807) is 4.90 Å². The standard InChI is InChI=1S/C11H22N2O2/c1-9(8-12)13(2)11(14)6-5-10-4-3-7-15-10/h9-10H,3-8,12H2,1-2H3. The first-order valence-electron chi connectivity index (χ1n) is 5.72. The molecule has 4 nitrogen and oxygen atoms in total. The van der Waals surface area contributed by atoms with Crippen molar-refractivity contribution in [1.82, 2.24) is 4.90 Å². The quantitative estimate of drug-likeness (QED) is 0.735. The lowest BCUT2D eigenvalue weighted by molar-refractivity contribution is -0.132. The van der Waals surface area contributed by atoms with Gasteiger partial charge in [-0.3, -0.25) is 4.79 Å². The topological polar surface area (TPSA) is 55.6 Å². The molecule has 2 N–H and O–H groups in total. The summed E-state index contributed by atoms with van der Waals surface area (Å²) in [6.45, 7) is 3.33. The van der Waals surface area contributed by atoms with Gasteiger partial charge in [0.2, 0.25) is 5.91 Å². The molecule has 1 heterocycles. The van der Waals surface area contributed by atoms with Crippen LogP contribution in [0.15, 0.2) is 0 Å². The first-order valence-corrected chi connectivity index (χ1v) is 5.72. The average molecular weight is 214 g/mol. The van der Waals surface area contributed by atoms with Gasteiger partial charge in [0.15, 0.2) is 0 Å². The number of carbonyl (C=O) groups is 1. The fourth-order valence-electron chi connectivity index (χ4n) is 1.74. The van der Waals surface area contributed by atoms with Gasteiger partial charge in [-0.15, -0.1) is 0 Å². The summed E-state index contributed by atoms with van der Waals surface area (Å²) in [7, 11) is 1.81. The first kappa shape index (κ1) is 12.5. The van der Waals surface area contributed by atoms with Crippen LogP contribution in [0.1, 0.15) is 32.6 Å². The van der Waals surface area contributed by atoms with E-state index in [0.717, 1.165) is 25.9 Å². The van der Waals surface area contributed by atoms with Crippen LogP contribution in [-0.2, 0) is 9.53 Å². The van der Waals surface area contributed by atoms with Crippen LogP contribution in [0, 0.1) is 0 Å². The summed E-state index contributed by atoms with van der Waals surface area (Å²) in [6.07, 6.45) is 3.96. The number of amides is 1. The lowest BCUT2D eigenvalue weighted by Crippen LogP contribution is -2.39. The van der Waals surface area contributed by atoms with Gasteiger partial charge in [0.1, 0.15) is 0 Å². The van der Waals surface area contributed by atoms with Gasteiger partial charge in [-0.25, -0.2) is 0 Å². The van der Waals surface area contributed by atoms with Gasteiger partial charge >= 0.3 is 0 Å². The molecule has 15 heavy (non-hydrogen) atoms. The Morgan fingerprint density at radius 1 is 1.67 bits per heavy atom. The molecule has 1 fully saturated rings. The zero-order valence-electron chi connectivity index (χ0n) is 9.74. The summed E-state index contributed by atoms with van der Waals surface area (Å²) in [5.41, 5.74) is 5.51. The fraction of sp³-hybridized carbons (Fsp3) is 0.909. The summed E-state index contributed by atoms with van der Waals surface area (Å²) in [5, 5.41) is 0. The maximum atomic E-state index is 11.7. The van der Waals surface area contributed by atoms with Crippen molar-refractivity contribution >= 4 is 5.91 Å². The van der Waals surface area contributed by atoms with Crippen molar-refractivity contribution in [3.05, 3.63) is 0 Å². The van der Waals surface area contributed by atoms with Gasteiger partial charge in [0.05, 0.1) is 6.10 Å². The fourth-order valence-corrected chi connectivity index (χ4v) is 1.74. The summed E-state index contributed by atoms with van der Waals surface area (Å²) >= 11 is 0. The number of nitrogens with two attached hydrogens (primary N) is 1. The van der Waals surface area contributed by atoms with Crippen LogP contribution < -0.4 is 5.73 Å². The third-order valence-corrected chi connectivity index (χ3v) is 3.10. The molecule has 0 aromatic heterocycles. The van der Waals surface area contributed by atoms with E-state index >= 15 is 0 Å². The molecule has 2 atom stereocenters. The summed E-state index contributed by atoms with van der Waals surface area (Å²) in [5.74, 6) is 0.170. The molecule has 1 rings (SSSR count). The van der Waals surface area contributed by atoms with Crippen molar-refractivity contribution in [3.63, 3.8) is 0 Å². The van der Waals surface area contributed by atoms with E-state index in [9.17, 15) is 4.79 Å². The molecule has 0 aromatic rings. The van der Waals surface area contributed by atoms with Gasteiger partial charge < -0.3 is 15.4 Å². The maximum Gasteiger partial charge on any atom is 0.222 e. The molecule has 0 aliphatic carbocycles. The van der Waals surface area contributed by atoms with Crippen molar-refractivity contribution in [2.45, 2.75) is 44.8 Å². The van der Waals surface area contributed by atoms with Crippen LogP contribution in [0.2, 0.25) is 0 Å². The molecule has 1 amide bonds. The lowest BCUT2D eigenvalue weighted by Gasteiger charge is -2.24.